The quantitative estimate of drug-likeness (QED) is 0.891. The van der Waals surface area contributed by atoms with Gasteiger partial charge >= 0.3 is 0 Å². The number of aryl methyl sites for hydroxylation is 2. The van der Waals surface area contributed by atoms with Crippen molar-refractivity contribution in [1.82, 2.24) is 15.1 Å². The summed E-state index contributed by atoms with van der Waals surface area (Å²) >= 11 is 0. The first-order valence-corrected chi connectivity index (χ1v) is 7.58. The van der Waals surface area contributed by atoms with E-state index < -0.39 is 0 Å². The highest BCUT2D eigenvalue weighted by Gasteiger charge is 2.23. The van der Waals surface area contributed by atoms with Gasteiger partial charge in [-0.25, -0.2) is 0 Å². The Bertz CT molecular complexity index is 441. The summed E-state index contributed by atoms with van der Waals surface area (Å²) in [7, 11) is 2.04. The lowest BCUT2D eigenvalue weighted by molar-refractivity contribution is 0.0526. The van der Waals surface area contributed by atoms with E-state index in [9.17, 15) is 0 Å². The van der Waals surface area contributed by atoms with E-state index in [0.717, 1.165) is 38.5 Å². The average Bonchev–Trinajstić information content (AvgIpc) is 2.64. The van der Waals surface area contributed by atoms with Crippen LogP contribution in [0.4, 0.5) is 5.82 Å². The number of ether oxygens (including phenoxy) is 1. The van der Waals surface area contributed by atoms with Crippen LogP contribution in [0.15, 0.2) is 0 Å². The Kier molecular flexibility index (Phi) is 5.05. The van der Waals surface area contributed by atoms with Crippen LogP contribution in [0.1, 0.15) is 32.0 Å². The summed E-state index contributed by atoms with van der Waals surface area (Å²) in [6.07, 6.45) is 0.287. The standard InChI is InChI=1S/C15H28N4O/c1-11(2)8-16-9-14-13(4)17-18(5)15(14)19-6-7-20-12(3)10-19/h11-12,16H,6-10H2,1-5H3. The second-order valence-corrected chi connectivity index (χ2v) is 6.16. The van der Waals surface area contributed by atoms with Gasteiger partial charge in [0.1, 0.15) is 5.82 Å². The van der Waals surface area contributed by atoms with E-state index in [1.807, 2.05) is 11.7 Å². The molecule has 1 aromatic heterocycles. The molecule has 0 bridgehead atoms. The molecule has 2 heterocycles. The number of rotatable bonds is 5. The van der Waals surface area contributed by atoms with Gasteiger partial charge in [0.05, 0.1) is 18.4 Å². The van der Waals surface area contributed by atoms with Gasteiger partial charge in [-0.3, -0.25) is 4.68 Å². The summed E-state index contributed by atoms with van der Waals surface area (Å²) in [5.74, 6) is 1.91. The lowest BCUT2D eigenvalue weighted by atomic mass is 10.2. The number of morpholine rings is 1. The van der Waals surface area contributed by atoms with Crippen LogP contribution < -0.4 is 10.2 Å². The molecule has 1 aromatic rings. The first kappa shape index (κ1) is 15.3. The van der Waals surface area contributed by atoms with Crippen LogP contribution in [0.2, 0.25) is 0 Å². The maximum Gasteiger partial charge on any atom is 0.131 e. The van der Waals surface area contributed by atoms with Crippen molar-refractivity contribution >= 4 is 5.82 Å². The maximum atomic E-state index is 5.64. The molecule has 5 heteroatoms. The van der Waals surface area contributed by atoms with Gasteiger partial charge in [-0.2, -0.15) is 5.10 Å². The van der Waals surface area contributed by atoms with Crippen molar-refractivity contribution in [3.8, 4) is 0 Å². The second-order valence-electron chi connectivity index (χ2n) is 6.16. The lowest BCUT2D eigenvalue weighted by Crippen LogP contribution is -2.42. The van der Waals surface area contributed by atoms with Gasteiger partial charge in [0, 0.05) is 32.2 Å². The third-order valence-electron chi connectivity index (χ3n) is 3.71. The molecule has 0 saturated carbocycles. The third-order valence-corrected chi connectivity index (χ3v) is 3.71. The molecule has 1 N–H and O–H groups in total. The highest BCUT2D eigenvalue weighted by atomic mass is 16.5. The van der Waals surface area contributed by atoms with Gasteiger partial charge in [-0.1, -0.05) is 13.8 Å². The Morgan fingerprint density at radius 3 is 2.85 bits per heavy atom. The number of nitrogens with zero attached hydrogens (tertiary/aromatic N) is 3. The van der Waals surface area contributed by atoms with Crippen molar-refractivity contribution in [2.75, 3.05) is 31.1 Å². The van der Waals surface area contributed by atoms with Crippen molar-refractivity contribution in [1.29, 1.82) is 0 Å². The topological polar surface area (TPSA) is 42.3 Å². The van der Waals surface area contributed by atoms with E-state index in [0.29, 0.717) is 5.92 Å². The number of nitrogens with one attached hydrogen (secondary N) is 1. The van der Waals surface area contributed by atoms with Crippen LogP contribution in [0.3, 0.4) is 0 Å². The molecule has 1 unspecified atom stereocenters. The molecule has 114 valence electrons. The van der Waals surface area contributed by atoms with Gasteiger partial charge in [-0.15, -0.1) is 0 Å². The average molecular weight is 280 g/mol. The summed E-state index contributed by atoms with van der Waals surface area (Å²) in [6, 6.07) is 0. The zero-order valence-corrected chi connectivity index (χ0v) is 13.4. The number of aromatic nitrogens is 2. The van der Waals surface area contributed by atoms with Crippen molar-refractivity contribution in [3.05, 3.63) is 11.3 Å². The zero-order chi connectivity index (χ0) is 14.7. The lowest BCUT2D eigenvalue weighted by Gasteiger charge is -2.33. The fourth-order valence-electron chi connectivity index (χ4n) is 2.79. The van der Waals surface area contributed by atoms with E-state index in [1.54, 1.807) is 0 Å². The fourth-order valence-corrected chi connectivity index (χ4v) is 2.79. The molecule has 1 aliphatic heterocycles. The molecule has 1 fully saturated rings. The van der Waals surface area contributed by atoms with Gasteiger partial charge in [0.15, 0.2) is 0 Å². The van der Waals surface area contributed by atoms with Crippen LogP contribution in [0, 0.1) is 12.8 Å². The molecule has 1 saturated heterocycles. The molecule has 0 radical (unpaired) electrons. The summed E-state index contributed by atoms with van der Waals surface area (Å²) in [4.78, 5) is 2.40. The van der Waals surface area contributed by atoms with E-state index in [1.165, 1.54) is 11.4 Å². The predicted octanol–water partition coefficient (Wildman–Crippen LogP) is 1.70. The fraction of sp³-hybridized carbons (Fsp3) is 0.800. The van der Waals surface area contributed by atoms with Gasteiger partial charge in [0.25, 0.3) is 0 Å². The zero-order valence-electron chi connectivity index (χ0n) is 13.4. The van der Waals surface area contributed by atoms with Crippen LogP contribution in [-0.2, 0) is 18.3 Å². The van der Waals surface area contributed by atoms with E-state index in [-0.39, 0.29) is 6.10 Å². The minimum absolute atomic E-state index is 0.287. The summed E-state index contributed by atoms with van der Waals surface area (Å²) < 4.78 is 7.66. The van der Waals surface area contributed by atoms with E-state index >= 15 is 0 Å². The molecule has 0 aromatic carbocycles. The van der Waals surface area contributed by atoms with Crippen molar-refractivity contribution < 1.29 is 4.74 Å². The monoisotopic (exact) mass is 280 g/mol. The first-order valence-electron chi connectivity index (χ1n) is 7.58. The van der Waals surface area contributed by atoms with Crippen molar-refractivity contribution in [2.45, 2.75) is 40.3 Å². The molecular weight excluding hydrogens is 252 g/mol. The summed E-state index contributed by atoms with van der Waals surface area (Å²) in [5.41, 5.74) is 2.44. The SMILES string of the molecule is Cc1nn(C)c(N2CCOC(C)C2)c1CNCC(C)C. The Hall–Kier alpha value is -1.07. The number of anilines is 1. The van der Waals surface area contributed by atoms with Crippen LogP contribution in [0.25, 0.3) is 0 Å². The minimum Gasteiger partial charge on any atom is -0.375 e. The van der Waals surface area contributed by atoms with Crippen molar-refractivity contribution in [2.24, 2.45) is 13.0 Å². The molecule has 0 aliphatic carbocycles. The van der Waals surface area contributed by atoms with E-state index in [2.05, 4.69) is 43.0 Å². The normalized spacial score (nSPS) is 19.9. The molecular formula is C15H28N4O. The summed E-state index contributed by atoms with van der Waals surface area (Å²) in [6.45, 7) is 13.3. The molecule has 1 aliphatic rings. The van der Waals surface area contributed by atoms with Crippen LogP contribution >= 0.6 is 0 Å². The molecule has 0 amide bonds. The Labute approximate surface area is 122 Å². The van der Waals surface area contributed by atoms with Gasteiger partial charge in [0.2, 0.25) is 0 Å². The number of hydrogen-bond acceptors (Lipinski definition) is 4. The highest BCUT2D eigenvalue weighted by molar-refractivity contribution is 5.50. The molecule has 1 atom stereocenters. The molecule has 2 rings (SSSR count). The third kappa shape index (κ3) is 3.52. The highest BCUT2D eigenvalue weighted by Crippen LogP contribution is 2.25. The Balaban J connectivity index is 2.14. The van der Waals surface area contributed by atoms with Gasteiger partial charge in [-0.05, 0) is 26.3 Å². The number of hydrogen-bond donors (Lipinski definition) is 1. The molecule has 5 nitrogen and oxygen atoms in total. The van der Waals surface area contributed by atoms with Crippen molar-refractivity contribution in [3.63, 3.8) is 0 Å². The Morgan fingerprint density at radius 1 is 1.45 bits per heavy atom. The molecule has 0 spiro atoms. The molecule has 20 heavy (non-hydrogen) atoms. The predicted molar refractivity (Wildman–Crippen MR) is 82.1 cm³/mol. The maximum absolute atomic E-state index is 5.64. The van der Waals surface area contributed by atoms with Crippen LogP contribution in [0.5, 0.6) is 0 Å². The smallest absolute Gasteiger partial charge is 0.131 e. The Morgan fingerprint density at radius 2 is 2.20 bits per heavy atom. The minimum atomic E-state index is 0.287. The largest absolute Gasteiger partial charge is 0.375 e. The van der Waals surface area contributed by atoms with Crippen LogP contribution in [-0.4, -0.2) is 42.1 Å². The second kappa shape index (κ2) is 6.59. The van der Waals surface area contributed by atoms with E-state index in [4.69, 9.17) is 4.74 Å². The van der Waals surface area contributed by atoms with Gasteiger partial charge < -0.3 is 15.0 Å². The summed E-state index contributed by atoms with van der Waals surface area (Å²) in [5, 5.41) is 8.14. The first-order chi connectivity index (χ1) is 9.49.